The summed E-state index contributed by atoms with van der Waals surface area (Å²) in [4.78, 5) is 47.6. The Morgan fingerprint density at radius 3 is 1.04 bits per heavy atom. The minimum Gasteiger partial charge on any atom is -0.508 e. The van der Waals surface area contributed by atoms with Crippen LogP contribution in [0, 0.1) is 5.82 Å². The standard InChI is InChI=1S/C22H22N4O4.C20H19N5O3S.C19H16FN5O2S.C18H17N5O3S2.C17H14N4OS/c1-28-18-10-14(11-19(29-2)20(18)30-3)12-24-21-22-25-13-17(26(22)9-8-23-21)15-4-6-16(27)7-5-15;21-29(27,28)17-6-4-14(5-7-17)11-23-19-20-24-12-18(25(20)9-8-22-19)16-3-1-2-15(10-16)13-26;20-15-3-1-2-14(10-15)17-12-24-19-18(22-8-9-25(17)19)23-11-13-4-6-16(7-5-13)28(21,26)27;19-28(25,26)14-4-1-12(2-5-14)9-21-17-18-22-10-15(23(18)8-7-20-17)16-6-3-13(11-24)27-16;22-13-5-3-12(4-6-13)15-11-20-17-16(18-7-8-21(15)17)19-10-14-2-1-9-23-14/h4-11,13,27H,12H2,1-3H3,(H,23,24);1-10,12,26H,11,13H2,(H,22,23)(H2,21,27,28);1-10,12H,11H2,(H,22,23)(H2,21,26,27);1-8,10,24H,9,11H2,(H,20,21)(H2,19,25,26);1-9,11,22H,10H2,(H,18,19). The Labute approximate surface area is 797 Å². The van der Waals surface area contributed by atoms with Gasteiger partial charge in [0.15, 0.2) is 68.8 Å². The number of methoxy groups -OCH3 is 3. The van der Waals surface area contributed by atoms with E-state index in [1.54, 1.807) is 161 Å². The second-order valence-electron chi connectivity index (χ2n) is 30.4. The fourth-order valence-corrected chi connectivity index (χ4v) is 17.6. The van der Waals surface area contributed by atoms with Gasteiger partial charge in [-0.05, 0) is 167 Å². The van der Waals surface area contributed by atoms with E-state index in [0.717, 1.165) is 101 Å². The van der Waals surface area contributed by atoms with Gasteiger partial charge in [-0.15, -0.1) is 22.7 Å². The molecule has 42 heteroatoms. The molecule has 0 aliphatic rings. The lowest BCUT2D eigenvalue weighted by molar-refractivity contribution is 0.282. The summed E-state index contributed by atoms with van der Waals surface area (Å²) in [6.45, 7) is 2.52. The highest BCUT2D eigenvalue weighted by Crippen LogP contribution is 2.40. The largest absolute Gasteiger partial charge is 0.508 e. The molecule has 0 aliphatic carbocycles. The van der Waals surface area contributed by atoms with Gasteiger partial charge >= 0.3 is 0 Å². The number of hydrogen-bond acceptors (Lipinski definition) is 30. The Morgan fingerprint density at radius 2 is 0.703 bits per heavy atom. The molecule has 12 heterocycles. The van der Waals surface area contributed by atoms with Crippen molar-refractivity contribution in [3.05, 3.63) is 348 Å². The third-order valence-corrected chi connectivity index (χ3v) is 26.1. The highest BCUT2D eigenvalue weighted by molar-refractivity contribution is 7.89. The summed E-state index contributed by atoms with van der Waals surface area (Å²) in [5.74, 6) is 5.08. The number of phenols is 2. The Morgan fingerprint density at radius 1 is 0.348 bits per heavy atom. The molecule has 0 saturated carbocycles. The van der Waals surface area contributed by atoms with Crippen molar-refractivity contribution >= 4 is 110 Å². The van der Waals surface area contributed by atoms with Crippen LogP contribution in [-0.2, 0) is 76.0 Å². The third kappa shape index (κ3) is 22.6. The van der Waals surface area contributed by atoms with Crippen molar-refractivity contribution < 1.29 is 64.3 Å². The molecule has 20 aromatic rings. The van der Waals surface area contributed by atoms with Crippen molar-refractivity contribution in [3.63, 3.8) is 0 Å². The van der Waals surface area contributed by atoms with Gasteiger partial charge in [0.25, 0.3) is 0 Å². The molecule has 0 aliphatic heterocycles. The molecule has 0 saturated heterocycles. The van der Waals surface area contributed by atoms with Crippen molar-refractivity contribution in [3.8, 4) is 84.3 Å². The van der Waals surface area contributed by atoms with Gasteiger partial charge in [0, 0.05) is 120 Å². The normalized spacial score (nSPS) is 11.4. The van der Waals surface area contributed by atoms with Crippen molar-refractivity contribution in [1.29, 1.82) is 0 Å². The average molecular weight is 1950 g/mol. The van der Waals surface area contributed by atoms with E-state index in [4.69, 9.17) is 29.6 Å². The van der Waals surface area contributed by atoms with E-state index in [2.05, 4.69) is 87.9 Å². The number of phenolic OH excluding ortho intramolecular Hbond substituents is 2. The van der Waals surface area contributed by atoms with Crippen molar-refractivity contribution in [2.75, 3.05) is 47.9 Å². The van der Waals surface area contributed by atoms with Crippen molar-refractivity contribution in [2.24, 2.45) is 15.4 Å². The number of aliphatic hydroxyl groups excluding tert-OH is 2. The molecular formula is C96H88FN23O13S5. The van der Waals surface area contributed by atoms with Crippen LogP contribution in [0.4, 0.5) is 33.5 Å². The number of benzene rings is 8. The number of aromatic hydroxyl groups is 2. The number of nitrogens with one attached hydrogen (secondary N) is 5. The first-order valence-corrected chi connectivity index (χ1v) is 48.3. The second kappa shape index (κ2) is 42.6. The summed E-state index contributed by atoms with van der Waals surface area (Å²) in [6.07, 6.45) is 26.4. The SMILES string of the molecule is COc1cc(CNc2nccn3c(-c4ccc(O)cc4)cnc23)cc(OC)c1OC.NS(=O)(=O)c1ccc(CNc2nccn3c(-c4ccc(CO)s4)cnc23)cc1.NS(=O)(=O)c1ccc(CNc2nccn3c(-c4cccc(CO)c4)cnc23)cc1.NS(=O)(=O)c1ccc(CNc2nccn3c(-c4cccc(F)c4)cnc23)cc1.Oc1ccc(-c2cnc3c(NCc4cccs4)nccn23)cc1. The van der Waals surface area contributed by atoms with Gasteiger partial charge in [-0.25, -0.2) is 94.9 Å². The van der Waals surface area contributed by atoms with Gasteiger partial charge in [-0.3, -0.25) is 22.0 Å². The second-order valence-corrected chi connectivity index (χ2v) is 37.3. The molecule has 0 bridgehead atoms. The Kier molecular flexibility index (Phi) is 29.3. The molecule has 0 amide bonds. The Bertz CT molecular complexity index is 8010. The lowest BCUT2D eigenvalue weighted by Crippen LogP contribution is -2.12. The van der Waals surface area contributed by atoms with Gasteiger partial charge in [-0.1, -0.05) is 72.8 Å². The number of sulfonamides is 3. The molecule has 0 unspecified atom stereocenters. The zero-order valence-corrected chi connectivity index (χ0v) is 77.7. The topological polar surface area (TPSA) is 500 Å². The molecule has 702 valence electrons. The summed E-state index contributed by atoms with van der Waals surface area (Å²) in [6, 6.07) is 58.8. The quantitative estimate of drug-likeness (QED) is 0.0217. The number of hydrogen-bond donors (Lipinski definition) is 12. The summed E-state index contributed by atoms with van der Waals surface area (Å²) in [5, 5.41) is 71.3. The number of nitrogens with zero attached hydrogens (tertiary/aromatic N) is 15. The van der Waals surface area contributed by atoms with Crippen LogP contribution >= 0.6 is 22.7 Å². The maximum Gasteiger partial charge on any atom is 0.238 e. The number of aliphatic hydroxyl groups is 2. The number of thiophene rings is 2. The highest BCUT2D eigenvalue weighted by atomic mass is 32.2. The van der Waals surface area contributed by atoms with E-state index in [-0.39, 0.29) is 45.2 Å². The molecule has 138 heavy (non-hydrogen) atoms. The molecule has 0 radical (unpaired) electrons. The molecule has 15 N–H and O–H groups in total. The zero-order chi connectivity index (χ0) is 96.6. The minimum absolute atomic E-state index is 0.0139. The Balaban J connectivity index is 0.000000125. The van der Waals surface area contributed by atoms with E-state index in [1.165, 1.54) is 64.7 Å². The number of primary sulfonamides is 3. The van der Waals surface area contributed by atoms with E-state index in [1.807, 2.05) is 138 Å². The van der Waals surface area contributed by atoms with Gasteiger partial charge in [0.1, 0.15) is 17.3 Å². The predicted molar refractivity (Wildman–Crippen MR) is 526 cm³/mol. The molecule has 12 aromatic heterocycles. The van der Waals surface area contributed by atoms with Gasteiger partial charge in [-0.2, -0.15) is 0 Å². The smallest absolute Gasteiger partial charge is 0.238 e. The lowest BCUT2D eigenvalue weighted by Gasteiger charge is -2.14. The average Bonchev–Trinajstić information content (AvgIpc) is 1.65. The number of anilines is 5. The van der Waals surface area contributed by atoms with Gasteiger partial charge < -0.3 is 61.2 Å². The van der Waals surface area contributed by atoms with Crippen LogP contribution in [-0.4, -0.2) is 139 Å². The molecule has 36 nitrogen and oxygen atoms in total. The van der Waals surface area contributed by atoms with Crippen molar-refractivity contribution in [2.45, 2.75) is 60.6 Å². The van der Waals surface area contributed by atoms with Crippen LogP contribution in [0.1, 0.15) is 37.6 Å². The summed E-state index contributed by atoms with van der Waals surface area (Å²) in [7, 11) is -6.37. The molecular weight excluding hydrogens is 1860 g/mol. The highest BCUT2D eigenvalue weighted by Gasteiger charge is 2.21. The Hall–Kier alpha value is -16.2. The maximum atomic E-state index is 13.5. The fraction of sp³-hybridized carbons (Fsp3) is 0.104. The number of halogens is 1. The number of ether oxygens (including phenoxy) is 3. The number of imidazole rings is 5. The minimum atomic E-state index is -3.71. The molecule has 0 fully saturated rings. The molecule has 20 rings (SSSR count). The van der Waals surface area contributed by atoms with Crippen LogP contribution in [0.15, 0.2) is 319 Å². The monoisotopic (exact) mass is 1950 g/mol. The van der Waals surface area contributed by atoms with Crippen LogP contribution in [0.3, 0.4) is 0 Å². The summed E-state index contributed by atoms with van der Waals surface area (Å²) >= 11 is 3.22. The lowest BCUT2D eigenvalue weighted by atomic mass is 10.1. The molecule has 0 atom stereocenters. The van der Waals surface area contributed by atoms with Crippen LogP contribution in [0.5, 0.6) is 28.7 Å². The van der Waals surface area contributed by atoms with Crippen LogP contribution < -0.4 is 56.2 Å². The fourth-order valence-electron chi connectivity index (χ4n) is 14.6. The van der Waals surface area contributed by atoms with Gasteiger partial charge in [0.05, 0.1) is 120 Å². The number of rotatable bonds is 28. The first-order valence-electron chi connectivity index (χ1n) is 42.0. The number of nitrogens with two attached hydrogens (primary N) is 3. The third-order valence-electron chi connectivity index (χ3n) is 21.4. The zero-order valence-electron chi connectivity index (χ0n) is 73.6. The number of aromatic nitrogens is 15. The van der Waals surface area contributed by atoms with Crippen LogP contribution in [0.25, 0.3) is 83.8 Å². The van der Waals surface area contributed by atoms with Crippen molar-refractivity contribution in [1.82, 2.24) is 71.8 Å². The van der Waals surface area contributed by atoms with Crippen LogP contribution in [0.2, 0.25) is 0 Å². The molecule has 8 aromatic carbocycles. The van der Waals surface area contributed by atoms with E-state index in [9.17, 15) is 50.1 Å². The number of fused-ring (bicyclic) bond motifs is 5. The first kappa shape index (κ1) is 95.0. The predicted octanol–water partition coefficient (Wildman–Crippen LogP) is 14.7. The van der Waals surface area contributed by atoms with E-state index >= 15 is 0 Å². The summed E-state index contributed by atoms with van der Waals surface area (Å²) in [5.41, 5.74) is 15.8. The van der Waals surface area contributed by atoms with E-state index in [0.29, 0.717) is 94.9 Å². The summed E-state index contributed by atoms with van der Waals surface area (Å²) < 4.78 is 107. The maximum absolute atomic E-state index is 13.5. The molecule has 0 spiro atoms. The first-order chi connectivity index (χ1) is 66.8. The van der Waals surface area contributed by atoms with E-state index < -0.39 is 30.1 Å². The van der Waals surface area contributed by atoms with Gasteiger partial charge in [0.2, 0.25) is 35.8 Å².